The van der Waals surface area contributed by atoms with Gasteiger partial charge in [-0.05, 0) is 49.1 Å². The predicted molar refractivity (Wildman–Crippen MR) is 122 cm³/mol. The number of Topliss-reactive ketones (excluding diaryl/α,β-unsaturated/α-hetero) is 1. The standard InChI is InChI=1S/C25H25NO5S/c1-16-23(32-15-26-16)9-10-31-22-11-17(7-8-21(22)30-2)20(27)14-25(24(28)29)12-18-5-3-4-6-19(18)13-25/h3-8,11,15H,9-10,12-14H2,1-2H3,(H,28,29). The molecular formula is C25H25NO5S. The average Bonchev–Trinajstić information content (AvgIpc) is 3.37. The number of carbonyl (C=O) groups excluding carboxylic acids is 1. The van der Waals surface area contributed by atoms with Gasteiger partial charge in [0.2, 0.25) is 0 Å². The minimum atomic E-state index is -1.12. The van der Waals surface area contributed by atoms with Gasteiger partial charge in [-0.25, -0.2) is 4.98 Å². The molecule has 0 unspecified atom stereocenters. The zero-order chi connectivity index (χ0) is 22.7. The summed E-state index contributed by atoms with van der Waals surface area (Å²) in [5.74, 6) is -0.152. The number of benzene rings is 2. The molecule has 166 valence electrons. The molecule has 0 radical (unpaired) electrons. The molecule has 0 aliphatic heterocycles. The summed E-state index contributed by atoms with van der Waals surface area (Å²) in [5, 5.41) is 10.00. The van der Waals surface area contributed by atoms with Crippen LogP contribution in [-0.2, 0) is 24.1 Å². The number of aromatic nitrogens is 1. The number of nitrogens with zero attached hydrogens (tertiary/aromatic N) is 1. The van der Waals surface area contributed by atoms with Crippen LogP contribution in [0, 0.1) is 12.3 Å². The van der Waals surface area contributed by atoms with Gasteiger partial charge < -0.3 is 14.6 Å². The normalized spacial score (nSPS) is 14.1. The van der Waals surface area contributed by atoms with Gasteiger partial charge in [0.05, 0.1) is 30.3 Å². The fourth-order valence-corrected chi connectivity index (χ4v) is 5.00. The Morgan fingerprint density at radius 3 is 2.44 bits per heavy atom. The van der Waals surface area contributed by atoms with Crippen molar-refractivity contribution in [3.05, 3.63) is 75.2 Å². The Morgan fingerprint density at radius 1 is 1.12 bits per heavy atom. The van der Waals surface area contributed by atoms with E-state index in [9.17, 15) is 14.7 Å². The molecule has 0 bridgehead atoms. The van der Waals surface area contributed by atoms with Crippen molar-refractivity contribution in [2.75, 3.05) is 13.7 Å². The molecular weight excluding hydrogens is 426 g/mol. The number of carbonyl (C=O) groups is 2. The summed E-state index contributed by atoms with van der Waals surface area (Å²) in [7, 11) is 1.55. The van der Waals surface area contributed by atoms with Crippen molar-refractivity contribution >= 4 is 23.1 Å². The van der Waals surface area contributed by atoms with Gasteiger partial charge in [-0.3, -0.25) is 9.59 Å². The smallest absolute Gasteiger partial charge is 0.310 e. The quantitative estimate of drug-likeness (QED) is 0.481. The average molecular weight is 452 g/mol. The van der Waals surface area contributed by atoms with Gasteiger partial charge in [-0.15, -0.1) is 11.3 Å². The largest absolute Gasteiger partial charge is 0.493 e. The van der Waals surface area contributed by atoms with Gasteiger partial charge in [0.25, 0.3) is 0 Å². The van der Waals surface area contributed by atoms with Crippen LogP contribution in [0.2, 0.25) is 0 Å². The first-order chi connectivity index (χ1) is 15.4. The molecule has 1 heterocycles. The molecule has 0 saturated carbocycles. The van der Waals surface area contributed by atoms with Gasteiger partial charge >= 0.3 is 5.97 Å². The summed E-state index contributed by atoms with van der Waals surface area (Å²) in [5.41, 5.74) is 4.10. The van der Waals surface area contributed by atoms with Crippen molar-refractivity contribution in [3.63, 3.8) is 0 Å². The topological polar surface area (TPSA) is 85.7 Å². The number of carboxylic acid groups (broad SMARTS) is 1. The summed E-state index contributed by atoms with van der Waals surface area (Å²) in [6.45, 7) is 2.39. The van der Waals surface area contributed by atoms with Crippen molar-refractivity contribution in [1.29, 1.82) is 0 Å². The fourth-order valence-electron chi connectivity index (χ4n) is 4.24. The maximum atomic E-state index is 13.2. The van der Waals surface area contributed by atoms with E-state index >= 15 is 0 Å². The molecule has 0 spiro atoms. The van der Waals surface area contributed by atoms with E-state index in [0.29, 0.717) is 42.9 Å². The van der Waals surface area contributed by atoms with Crippen LogP contribution >= 0.6 is 11.3 Å². The lowest BCUT2D eigenvalue weighted by molar-refractivity contribution is -0.148. The van der Waals surface area contributed by atoms with Gasteiger partial charge in [-0.1, -0.05) is 24.3 Å². The van der Waals surface area contributed by atoms with Crippen LogP contribution < -0.4 is 9.47 Å². The van der Waals surface area contributed by atoms with E-state index in [4.69, 9.17) is 9.47 Å². The molecule has 7 heteroatoms. The van der Waals surface area contributed by atoms with Crippen molar-refractivity contribution in [2.24, 2.45) is 5.41 Å². The highest BCUT2D eigenvalue weighted by atomic mass is 32.1. The number of aryl methyl sites for hydroxylation is 1. The lowest BCUT2D eigenvalue weighted by Crippen LogP contribution is -2.34. The van der Waals surface area contributed by atoms with Crippen LogP contribution in [0.1, 0.15) is 38.5 Å². The SMILES string of the molecule is COc1ccc(C(=O)CC2(C(=O)O)Cc3ccccc3C2)cc1OCCc1scnc1C. The molecule has 6 nitrogen and oxygen atoms in total. The maximum Gasteiger partial charge on any atom is 0.310 e. The summed E-state index contributed by atoms with van der Waals surface area (Å²) in [6.07, 6.45) is 1.36. The van der Waals surface area contributed by atoms with Crippen LogP contribution in [0.3, 0.4) is 0 Å². The Labute approximate surface area is 190 Å². The second-order valence-electron chi connectivity index (χ2n) is 8.13. The van der Waals surface area contributed by atoms with Crippen LogP contribution in [0.5, 0.6) is 11.5 Å². The Kier molecular flexibility index (Phi) is 6.28. The van der Waals surface area contributed by atoms with Crippen molar-refractivity contribution in [2.45, 2.75) is 32.6 Å². The van der Waals surface area contributed by atoms with Crippen LogP contribution in [0.25, 0.3) is 0 Å². The third-order valence-corrected chi connectivity index (χ3v) is 7.04. The first-order valence-electron chi connectivity index (χ1n) is 10.4. The number of hydrogen-bond donors (Lipinski definition) is 1. The van der Waals surface area contributed by atoms with E-state index in [1.165, 1.54) is 0 Å². The van der Waals surface area contributed by atoms with Crippen LogP contribution in [0.4, 0.5) is 0 Å². The molecule has 0 saturated heterocycles. The zero-order valence-corrected chi connectivity index (χ0v) is 18.9. The molecule has 1 aromatic heterocycles. The summed E-state index contributed by atoms with van der Waals surface area (Å²) >= 11 is 1.59. The number of ketones is 1. The Hall–Kier alpha value is -3.19. The van der Waals surface area contributed by atoms with Crippen molar-refractivity contribution in [3.8, 4) is 11.5 Å². The van der Waals surface area contributed by atoms with Crippen molar-refractivity contribution < 1.29 is 24.2 Å². The number of ether oxygens (including phenoxy) is 2. The number of thiazole rings is 1. The summed E-state index contributed by atoms with van der Waals surface area (Å²) in [6, 6.07) is 12.7. The van der Waals surface area contributed by atoms with E-state index in [-0.39, 0.29) is 12.2 Å². The van der Waals surface area contributed by atoms with E-state index in [1.54, 1.807) is 36.6 Å². The molecule has 0 atom stereocenters. The molecule has 32 heavy (non-hydrogen) atoms. The van der Waals surface area contributed by atoms with Gasteiger partial charge in [0.1, 0.15) is 0 Å². The minimum absolute atomic E-state index is 0.0666. The van der Waals surface area contributed by atoms with E-state index in [1.807, 2.05) is 36.7 Å². The lowest BCUT2D eigenvalue weighted by Gasteiger charge is -2.23. The van der Waals surface area contributed by atoms with Gasteiger partial charge in [-0.2, -0.15) is 0 Å². The predicted octanol–water partition coefficient (Wildman–Crippen LogP) is 4.52. The summed E-state index contributed by atoms with van der Waals surface area (Å²) in [4.78, 5) is 30.8. The maximum absolute atomic E-state index is 13.2. The minimum Gasteiger partial charge on any atom is -0.493 e. The second kappa shape index (κ2) is 9.12. The highest BCUT2D eigenvalue weighted by molar-refractivity contribution is 7.09. The third-order valence-electron chi connectivity index (χ3n) is 6.05. The van der Waals surface area contributed by atoms with E-state index in [0.717, 1.165) is 21.7 Å². The van der Waals surface area contributed by atoms with Gasteiger partial charge in [0.15, 0.2) is 17.3 Å². The number of carboxylic acids is 1. The molecule has 4 rings (SSSR count). The van der Waals surface area contributed by atoms with E-state index in [2.05, 4.69) is 4.98 Å². The molecule has 0 fully saturated rings. The molecule has 1 N–H and O–H groups in total. The first-order valence-corrected chi connectivity index (χ1v) is 11.3. The number of aliphatic carboxylic acids is 1. The highest BCUT2D eigenvalue weighted by Gasteiger charge is 2.45. The fraction of sp³-hybridized carbons (Fsp3) is 0.320. The Morgan fingerprint density at radius 2 is 1.84 bits per heavy atom. The molecule has 3 aromatic rings. The molecule has 0 amide bonds. The lowest BCUT2D eigenvalue weighted by atomic mass is 9.79. The second-order valence-corrected chi connectivity index (χ2v) is 9.07. The number of hydrogen-bond acceptors (Lipinski definition) is 6. The number of fused-ring (bicyclic) bond motifs is 1. The number of rotatable bonds is 9. The van der Waals surface area contributed by atoms with Crippen LogP contribution in [-0.4, -0.2) is 35.6 Å². The van der Waals surface area contributed by atoms with E-state index < -0.39 is 11.4 Å². The van der Waals surface area contributed by atoms with Gasteiger partial charge in [0, 0.05) is 23.3 Å². The molecule has 2 aromatic carbocycles. The Balaban J connectivity index is 1.50. The van der Waals surface area contributed by atoms with Crippen molar-refractivity contribution in [1.82, 2.24) is 4.98 Å². The monoisotopic (exact) mass is 451 g/mol. The highest BCUT2D eigenvalue weighted by Crippen LogP contribution is 2.41. The first kappa shape index (κ1) is 22.0. The third kappa shape index (κ3) is 4.39. The Bertz CT molecular complexity index is 1130. The number of methoxy groups -OCH3 is 1. The van der Waals surface area contributed by atoms with Crippen LogP contribution in [0.15, 0.2) is 48.0 Å². The summed E-state index contributed by atoms with van der Waals surface area (Å²) < 4.78 is 11.3. The molecule has 1 aliphatic rings. The molecule has 1 aliphatic carbocycles. The zero-order valence-electron chi connectivity index (χ0n) is 18.1.